The van der Waals surface area contributed by atoms with E-state index in [1.165, 1.54) is 28.6 Å². The standard InChI is InChI=1S/C25H22ClN3O5S.ClH/c26-21-7-11-24(12-8-21)35(32,33)28(17-20-3-1-4-23(15-20)34-18-25(30)31)16-19-5-9-22(10-6-19)29-14-2-13-27-29;/h1-15H,16-18H2,(H,30,31);1H. The minimum atomic E-state index is -3.88. The average Bonchev–Trinajstić information content (AvgIpc) is 3.38. The third-order valence-electron chi connectivity index (χ3n) is 5.14. The van der Waals surface area contributed by atoms with Crippen LogP contribution in [0.4, 0.5) is 0 Å². The number of sulfonamides is 1. The van der Waals surface area contributed by atoms with Gasteiger partial charge in [0.2, 0.25) is 10.0 Å². The van der Waals surface area contributed by atoms with Crippen molar-refractivity contribution >= 4 is 40.0 Å². The summed E-state index contributed by atoms with van der Waals surface area (Å²) in [7, 11) is -3.88. The van der Waals surface area contributed by atoms with Crippen LogP contribution in [0.2, 0.25) is 5.02 Å². The number of hydrogen-bond donors (Lipinski definition) is 1. The lowest BCUT2D eigenvalue weighted by Gasteiger charge is -2.23. The van der Waals surface area contributed by atoms with Crippen molar-refractivity contribution in [2.45, 2.75) is 18.0 Å². The molecule has 1 heterocycles. The van der Waals surface area contributed by atoms with Gasteiger partial charge in [-0.1, -0.05) is 35.9 Å². The maximum absolute atomic E-state index is 13.6. The molecule has 0 saturated heterocycles. The third-order valence-corrected chi connectivity index (χ3v) is 7.19. The molecular weight excluding hydrogens is 525 g/mol. The molecule has 11 heteroatoms. The zero-order valence-electron chi connectivity index (χ0n) is 18.9. The van der Waals surface area contributed by atoms with Crippen LogP contribution in [0.5, 0.6) is 5.75 Å². The Morgan fingerprint density at radius 3 is 2.31 bits per heavy atom. The van der Waals surface area contributed by atoms with Crippen LogP contribution in [0.1, 0.15) is 11.1 Å². The van der Waals surface area contributed by atoms with Crippen molar-refractivity contribution in [3.63, 3.8) is 0 Å². The topological polar surface area (TPSA) is 102 Å². The monoisotopic (exact) mass is 547 g/mol. The number of aromatic nitrogens is 2. The third kappa shape index (κ3) is 6.86. The number of carboxylic acids is 1. The van der Waals surface area contributed by atoms with Gasteiger partial charge in [0.15, 0.2) is 6.61 Å². The number of rotatable bonds is 10. The van der Waals surface area contributed by atoms with Crippen molar-refractivity contribution in [3.05, 3.63) is 107 Å². The van der Waals surface area contributed by atoms with Gasteiger partial charge in [0.25, 0.3) is 0 Å². The fourth-order valence-corrected chi connectivity index (χ4v) is 4.99. The number of hydrogen-bond acceptors (Lipinski definition) is 5. The van der Waals surface area contributed by atoms with Crippen molar-refractivity contribution in [3.8, 4) is 11.4 Å². The normalized spacial score (nSPS) is 11.2. The van der Waals surface area contributed by atoms with Crippen LogP contribution in [0, 0.1) is 0 Å². The molecule has 0 aliphatic carbocycles. The molecule has 0 atom stereocenters. The highest BCUT2D eigenvalue weighted by Crippen LogP contribution is 2.24. The van der Waals surface area contributed by atoms with Gasteiger partial charge in [-0.3, -0.25) is 0 Å². The number of aliphatic carboxylic acids is 1. The second-order valence-corrected chi connectivity index (χ2v) is 10.0. The Labute approximate surface area is 220 Å². The van der Waals surface area contributed by atoms with E-state index in [1.54, 1.807) is 35.1 Å². The zero-order valence-corrected chi connectivity index (χ0v) is 21.3. The van der Waals surface area contributed by atoms with Crippen LogP contribution in [0.15, 0.2) is 96.2 Å². The van der Waals surface area contributed by atoms with E-state index in [1.807, 2.05) is 36.5 Å². The van der Waals surface area contributed by atoms with Gasteiger partial charge in [0.05, 0.1) is 10.6 Å². The fraction of sp³-hybridized carbons (Fsp3) is 0.120. The number of halogens is 2. The van der Waals surface area contributed by atoms with Crippen molar-refractivity contribution in [1.82, 2.24) is 14.1 Å². The van der Waals surface area contributed by atoms with Crippen LogP contribution in [-0.2, 0) is 27.9 Å². The molecule has 0 radical (unpaired) electrons. The van der Waals surface area contributed by atoms with Crippen LogP contribution < -0.4 is 4.74 Å². The summed E-state index contributed by atoms with van der Waals surface area (Å²) >= 11 is 5.96. The van der Waals surface area contributed by atoms with Gasteiger partial charge < -0.3 is 9.84 Å². The molecule has 36 heavy (non-hydrogen) atoms. The smallest absolute Gasteiger partial charge is 0.341 e. The van der Waals surface area contributed by atoms with E-state index in [-0.39, 0.29) is 30.4 Å². The number of carboxylic acid groups (broad SMARTS) is 1. The Kier molecular flexibility index (Phi) is 9.11. The number of nitrogens with zero attached hydrogens (tertiary/aromatic N) is 3. The van der Waals surface area contributed by atoms with Crippen molar-refractivity contribution in [2.75, 3.05) is 6.61 Å². The Balaban J connectivity index is 0.00000361. The first-order valence-corrected chi connectivity index (χ1v) is 12.4. The second-order valence-electron chi connectivity index (χ2n) is 7.67. The molecule has 0 fully saturated rings. The molecule has 4 rings (SSSR count). The molecule has 0 saturated carbocycles. The maximum Gasteiger partial charge on any atom is 0.341 e. The van der Waals surface area contributed by atoms with Gasteiger partial charge in [-0.15, -0.1) is 12.4 Å². The molecule has 0 unspecified atom stereocenters. The zero-order chi connectivity index (χ0) is 24.8. The Bertz CT molecular complexity index is 1390. The molecule has 8 nitrogen and oxygen atoms in total. The number of benzene rings is 3. The lowest BCUT2D eigenvalue weighted by Crippen LogP contribution is -2.30. The minimum Gasteiger partial charge on any atom is -0.482 e. The Morgan fingerprint density at radius 1 is 0.972 bits per heavy atom. The highest BCUT2D eigenvalue weighted by molar-refractivity contribution is 7.89. The van der Waals surface area contributed by atoms with Gasteiger partial charge in [0, 0.05) is 30.5 Å². The van der Waals surface area contributed by atoms with Gasteiger partial charge >= 0.3 is 5.97 Å². The quantitative estimate of drug-likeness (QED) is 0.306. The van der Waals surface area contributed by atoms with Crippen LogP contribution in [0.25, 0.3) is 5.69 Å². The van der Waals surface area contributed by atoms with Crippen LogP contribution in [0.3, 0.4) is 0 Å². The maximum atomic E-state index is 13.6. The van der Waals surface area contributed by atoms with E-state index < -0.39 is 22.6 Å². The van der Waals surface area contributed by atoms with Crippen LogP contribution in [-0.4, -0.2) is 40.2 Å². The summed E-state index contributed by atoms with van der Waals surface area (Å²) in [5, 5.41) is 13.5. The first-order chi connectivity index (χ1) is 16.8. The van der Waals surface area contributed by atoms with E-state index in [0.29, 0.717) is 16.3 Å². The first-order valence-electron chi connectivity index (χ1n) is 10.6. The van der Waals surface area contributed by atoms with Crippen molar-refractivity contribution in [2.24, 2.45) is 0 Å². The second kappa shape index (κ2) is 12.0. The number of ether oxygens (including phenoxy) is 1. The van der Waals surface area contributed by atoms with Gasteiger partial charge in [-0.25, -0.2) is 17.9 Å². The van der Waals surface area contributed by atoms with Gasteiger partial charge in [-0.2, -0.15) is 9.40 Å². The molecule has 0 spiro atoms. The molecule has 1 N–H and O–H groups in total. The summed E-state index contributed by atoms with van der Waals surface area (Å²) in [6, 6.07) is 22.0. The van der Waals surface area contributed by atoms with E-state index in [9.17, 15) is 13.2 Å². The molecule has 4 aromatic rings. The minimum absolute atomic E-state index is 0. The molecule has 0 bridgehead atoms. The predicted molar refractivity (Wildman–Crippen MR) is 138 cm³/mol. The summed E-state index contributed by atoms with van der Waals surface area (Å²) in [6.45, 7) is -0.320. The van der Waals surface area contributed by atoms with Crippen molar-refractivity contribution in [1.29, 1.82) is 0 Å². The predicted octanol–water partition coefficient (Wildman–Crippen LogP) is 4.80. The largest absolute Gasteiger partial charge is 0.482 e. The molecule has 0 amide bonds. The lowest BCUT2D eigenvalue weighted by atomic mass is 10.2. The summed E-state index contributed by atoms with van der Waals surface area (Å²) in [6.07, 6.45) is 3.51. The Hall–Kier alpha value is -3.37. The number of carbonyl (C=O) groups is 1. The van der Waals surface area contributed by atoms with Gasteiger partial charge in [-0.05, 0) is 65.7 Å². The highest BCUT2D eigenvalue weighted by atomic mass is 35.5. The first kappa shape index (κ1) is 27.2. The molecule has 1 aromatic heterocycles. The highest BCUT2D eigenvalue weighted by Gasteiger charge is 2.25. The van der Waals surface area contributed by atoms with Gasteiger partial charge in [0.1, 0.15) is 5.75 Å². The van der Waals surface area contributed by atoms with E-state index in [2.05, 4.69) is 5.10 Å². The summed E-state index contributed by atoms with van der Waals surface area (Å²) in [5.74, 6) is -0.752. The summed E-state index contributed by atoms with van der Waals surface area (Å²) in [5.41, 5.74) is 2.30. The molecule has 0 aliphatic rings. The summed E-state index contributed by atoms with van der Waals surface area (Å²) < 4.78 is 35.5. The fourth-order valence-electron chi connectivity index (χ4n) is 3.44. The van der Waals surface area contributed by atoms with E-state index >= 15 is 0 Å². The van der Waals surface area contributed by atoms with Crippen molar-refractivity contribution < 1.29 is 23.1 Å². The lowest BCUT2D eigenvalue weighted by molar-refractivity contribution is -0.139. The average molecular weight is 548 g/mol. The SMILES string of the molecule is Cl.O=C(O)COc1cccc(CN(Cc2ccc(-n3cccn3)cc2)S(=O)(=O)c2ccc(Cl)cc2)c1. The summed E-state index contributed by atoms with van der Waals surface area (Å²) in [4.78, 5) is 10.9. The molecule has 0 aliphatic heterocycles. The molecule has 3 aromatic carbocycles. The van der Waals surface area contributed by atoms with E-state index in [4.69, 9.17) is 21.4 Å². The van der Waals surface area contributed by atoms with E-state index in [0.717, 1.165) is 11.3 Å². The molecular formula is C25H23Cl2N3O5S. The van der Waals surface area contributed by atoms with Crippen LogP contribution >= 0.6 is 24.0 Å². The molecule has 188 valence electrons. The Morgan fingerprint density at radius 2 is 1.67 bits per heavy atom.